The van der Waals surface area contributed by atoms with Crippen molar-refractivity contribution >= 4 is 13.7 Å². The molecule has 0 aromatic heterocycles. The minimum absolute atomic E-state index is 0.0523. The zero-order valence-electron chi connectivity index (χ0n) is 54.7. The second-order valence-electron chi connectivity index (χ2n) is 24.9. The number of aliphatic hydroxyl groups is 1. The number of unbranched alkanes of at least 4 members (excludes halogenated alkanes) is 39. The highest BCUT2D eigenvalue weighted by atomic mass is 31.2. The zero-order chi connectivity index (χ0) is 59.8. The number of aliphatic hydroxyl groups excluding tert-OH is 1. The number of likely N-dealkylation sites (N-methyl/N-ethyl adjacent to an activating group) is 1. The maximum atomic E-state index is 13.0. The van der Waals surface area contributed by atoms with Crippen molar-refractivity contribution in [3.8, 4) is 0 Å². The Morgan fingerprint density at radius 2 is 0.744 bits per heavy atom. The lowest BCUT2D eigenvalue weighted by Gasteiger charge is -2.25. The number of phosphoric acid groups is 1. The van der Waals surface area contributed by atoms with Crippen molar-refractivity contribution in [3.63, 3.8) is 0 Å². The fourth-order valence-corrected chi connectivity index (χ4v) is 10.9. The van der Waals surface area contributed by atoms with Crippen molar-refractivity contribution in [3.05, 3.63) is 85.1 Å². The van der Waals surface area contributed by atoms with Crippen LogP contribution < -0.4 is 5.32 Å². The highest BCUT2D eigenvalue weighted by Crippen LogP contribution is 2.43. The number of rotatable bonds is 64. The number of hydrogen-bond acceptors (Lipinski definition) is 5. The normalized spacial score (nSPS) is 14.2. The van der Waals surface area contributed by atoms with Crippen LogP contribution >= 0.6 is 7.82 Å². The molecule has 0 aliphatic carbocycles. The zero-order valence-corrected chi connectivity index (χ0v) is 55.6. The van der Waals surface area contributed by atoms with Gasteiger partial charge in [-0.05, 0) is 83.5 Å². The largest absolute Gasteiger partial charge is 0.472 e. The summed E-state index contributed by atoms with van der Waals surface area (Å²) >= 11 is 0. The number of hydrogen-bond donors (Lipinski definition) is 3. The summed E-state index contributed by atoms with van der Waals surface area (Å²) in [5, 5.41) is 14.0. The highest BCUT2D eigenvalue weighted by molar-refractivity contribution is 7.47. The molecule has 8 nitrogen and oxygen atoms in total. The van der Waals surface area contributed by atoms with Gasteiger partial charge in [0.1, 0.15) is 13.2 Å². The van der Waals surface area contributed by atoms with Gasteiger partial charge in [-0.25, -0.2) is 4.57 Å². The van der Waals surface area contributed by atoms with Crippen LogP contribution in [0.3, 0.4) is 0 Å². The first-order chi connectivity index (χ1) is 40.0. The van der Waals surface area contributed by atoms with Gasteiger partial charge in [0.2, 0.25) is 5.91 Å². The number of nitrogens with zero attached hydrogens (tertiary/aromatic N) is 1. The summed E-state index contributed by atoms with van der Waals surface area (Å²) in [7, 11) is 1.55. The second-order valence-corrected chi connectivity index (χ2v) is 26.3. The third-order valence-corrected chi connectivity index (χ3v) is 16.6. The fraction of sp³-hybridized carbons (Fsp3) is 0.795. The van der Waals surface area contributed by atoms with Crippen molar-refractivity contribution in [1.82, 2.24) is 5.32 Å². The van der Waals surface area contributed by atoms with E-state index < -0.39 is 20.0 Å². The minimum atomic E-state index is -4.37. The molecule has 0 radical (unpaired) electrons. The first-order valence-electron chi connectivity index (χ1n) is 35.0. The van der Waals surface area contributed by atoms with Gasteiger partial charge >= 0.3 is 7.82 Å². The van der Waals surface area contributed by atoms with Crippen molar-refractivity contribution in [1.29, 1.82) is 0 Å². The Balaban J connectivity index is 4.10. The van der Waals surface area contributed by atoms with Gasteiger partial charge in [-0.1, -0.05) is 317 Å². The molecular formula is C73H136N2O6P+. The number of nitrogens with one attached hydrogen (secondary N) is 1. The molecule has 0 aromatic rings. The molecule has 0 saturated carbocycles. The lowest BCUT2D eigenvalue weighted by Crippen LogP contribution is -2.45. The van der Waals surface area contributed by atoms with Crippen LogP contribution in [-0.2, 0) is 18.4 Å². The van der Waals surface area contributed by atoms with Gasteiger partial charge in [0.05, 0.1) is 39.9 Å². The van der Waals surface area contributed by atoms with E-state index in [0.29, 0.717) is 17.4 Å². The predicted octanol–water partition coefficient (Wildman–Crippen LogP) is 22.3. The van der Waals surface area contributed by atoms with Crippen LogP contribution in [0.15, 0.2) is 85.1 Å². The molecule has 3 atom stereocenters. The Labute approximate surface area is 509 Å². The summed E-state index contributed by atoms with van der Waals surface area (Å²) in [5.41, 5.74) is 0. The van der Waals surface area contributed by atoms with Crippen LogP contribution in [0.25, 0.3) is 0 Å². The van der Waals surface area contributed by atoms with Gasteiger partial charge < -0.3 is 19.8 Å². The van der Waals surface area contributed by atoms with Crippen LogP contribution in [0.2, 0.25) is 0 Å². The van der Waals surface area contributed by atoms with E-state index in [2.05, 4.69) is 92.1 Å². The number of carbonyl (C=O) groups is 1. The summed E-state index contributed by atoms with van der Waals surface area (Å²) in [6.07, 6.45) is 90.2. The lowest BCUT2D eigenvalue weighted by atomic mass is 10.0. The maximum Gasteiger partial charge on any atom is 0.472 e. The van der Waals surface area contributed by atoms with E-state index in [9.17, 15) is 19.4 Å². The molecule has 3 N–H and O–H groups in total. The second kappa shape index (κ2) is 63.2. The molecule has 0 spiro atoms. The van der Waals surface area contributed by atoms with Crippen molar-refractivity contribution in [2.24, 2.45) is 0 Å². The average molecular weight is 1170 g/mol. The molecule has 0 aliphatic rings. The summed E-state index contributed by atoms with van der Waals surface area (Å²) in [6, 6.07) is -0.874. The van der Waals surface area contributed by atoms with E-state index in [-0.39, 0.29) is 19.1 Å². The molecule has 3 unspecified atom stereocenters. The smallest absolute Gasteiger partial charge is 0.387 e. The molecule has 0 rings (SSSR count). The van der Waals surface area contributed by atoms with Crippen LogP contribution in [0, 0.1) is 0 Å². The third kappa shape index (κ3) is 65.2. The minimum Gasteiger partial charge on any atom is -0.387 e. The van der Waals surface area contributed by atoms with Gasteiger partial charge in [0.15, 0.2) is 0 Å². The summed E-state index contributed by atoms with van der Waals surface area (Å²) in [4.78, 5) is 23.4. The quantitative estimate of drug-likeness (QED) is 0.0243. The average Bonchev–Trinajstić information content (AvgIpc) is 3.47. The monoisotopic (exact) mass is 1170 g/mol. The summed E-state index contributed by atoms with van der Waals surface area (Å²) in [6.45, 7) is 4.71. The number of amides is 1. The van der Waals surface area contributed by atoms with E-state index in [4.69, 9.17) is 9.05 Å². The van der Waals surface area contributed by atoms with Gasteiger partial charge in [-0.15, -0.1) is 0 Å². The fourth-order valence-electron chi connectivity index (χ4n) is 10.2. The van der Waals surface area contributed by atoms with Crippen LogP contribution in [0.1, 0.15) is 322 Å². The van der Waals surface area contributed by atoms with E-state index in [0.717, 1.165) is 70.6 Å². The molecule has 0 heterocycles. The van der Waals surface area contributed by atoms with Crippen LogP contribution in [-0.4, -0.2) is 73.4 Å². The Bertz CT molecular complexity index is 1610. The molecule has 0 fully saturated rings. The standard InChI is InChI=1S/C73H135N2O6P/c1-6-8-10-12-14-16-18-20-22-24-26-28-30-32-34-35-36-37-38-39-41-43-45-47-49-51-53-55-57-59-61-63-65-67-73(77)74-71(70-81-82(78,79)80-69-68-75(3,4)5)72(76)66-64-62-60-58-56-54-52-50-48-46-44-42-40-33-31-29-27-25-23-21-19-17-15-13-11-9-7-2/h8,10,14,16,20,22,26,28,48,50,56,58,64,66,71-72,76H,6-7,9,11-13,15,17-19,21,23-25,27,29-47,49,51-55,57,59-63,65,67-70H2,1-5H3,(H-,74,77,78,79)/p+1/b10-8-,16-14-,22-20-,28-26-,50-48+,58-56+,66-64+. The van der Waals surface area contributed by atoms with E-state index in [1.54, 1.807) is 6.08 Å². The van der Waals surface area contributed by atoms with Crippen molar-refractivity contribution < 1.29 is 32.9 Å². The molecule has 0 aromatic carbocycles. The number of phosphoric ester groups is 1. The number of quaternary nitrogens is 1. The summed E-state index contributed by atoms with van der Waals surface area (Å²) < 4.78 is 23.8. The maximum absolute atomic E-state index is 13.0. The molecule has 478 valence electrons. The molecule has 1 amide bonds. The first kappa shape index (κ1) is 79.7. The third-order valence-electron chi connectivity index (χ3n) is 15.6. The molecular weight excluding hydrogens is 1030 g/mol. The molecule has 0 saturated heterocycles. The molecule has 0 aliphatic heterocycles. The molecule has 0 bridgehead atoms. The lowest BCUT2D eigenvalue weighted by molar-refractivity contribution is -0.870. The first-order valence-corrected chi connectivity index (χ1v) is 36.5. The van der Waals surface area contributed by atoms with Crippen molar-refractivity contribution in [2.45, 2.75) is 334 Å². The van der Waals surface area contributed by atoms with Gasteiger partial charge in [-0.2, -0.15) is 0 Å². The van der Waals surface area contributed by atoms with Crippen LogP contribution in [0.4, 0.5) is 0 Å². The Hall–Kier alpha value is -2.32. The number of allylic oxidation sites excluding steroid dienone is 13. The van der Waals surface area contributed by atoms with Gasteiger partial charge in [0, 0.05) is 6.42 Å². The SMILES string of the molecule is CC/C=C\C/C=C\C/C=C\C/C=C\CCCCCCCCCCCCCCCCCCCCCCC(=O)NC(COP(=O)(O)OCC[N+](C)(C)C)C(O)/C=C/CC/C=C/CC/C=C/CCCCCCCCCCCCCCCCCCC. The van der Waals surface area contributed by atoms with E-state index in [1.165, 1.54) is 231 Å². The highest BCUT2D eigenvalue weighted by Gasteiger charge is 2.28. The Morgan fingerprint density at radius 1 is 0.427 bits per heavy atom. The van der Waals surface area contributed by atoms with E-state index in [1.807, 2.05) is 27.2 Å². The topological polar surface area (TPSA) is 105 Å². The van der Waals surface area contributed by atoms with Crippen LogP contribution in [0.5, 0.6) is 0 Å². The molecule has 9 heteroatoms. The predicted molar refractivity (Wildman–Crippen MR) is 360 cm³/mol. The van der Waals surface area contributed by atoms with Crippen molar-refractivity contribution in [2.75, 3.05) is 40.9 Å². The van der Waals surface area contributed by atoms with E-state index >= 15 is 0 Å². The van der Waals surface area contributed by atoms with Gasteiger partial charge in [-0.3, -0.25) is 13.8 Å². The molecule has 82 heavy (non-hydrogen) atoms. The Morgan fingerprint density at radius 3 is 1.12 bits per heavy atom. The summed E-state index contributed by atoms with van der Waals surface area (Å²) in [5.74, 6) is -0.188. The Kier molecular flexibility index (Phi) is 61.4. The van der Waals surface area contributed by atoms with Gasteiger partial charge in [0.25, 0.3) is 0 Å². The number of carbonyl (C=O) groups excluding carboxylic acids is 1.